The van der Waals surface area contributed by atoms with E-state index >= 15 is 0 Å². The number of aryl methyl sites for hydroxylation is 1. The Labute approximate surface area is 221 Å². The van der Waals surface area contributed by atoms with Gasteiger partial charge in [0.15, 0.2) is 28.0 Å². The SMILES string of the molecule is COc1ccc2nc(N3C(=O)C(O)=C(C(=O)c4cc5cccc(OC)c5o4)C3c3ccc(C)cc3)sc2c1. The van der Waals surface area contributed by atoms with Crippen molar-refractivity contribution >= 4 is 49.3 Å². The molecule has 3 aromatic carbocycles. The van der Waals surface area contributed by atoms with Crippen LogP contribution in [0.4, 0.5) is 5.13 Å². The molecule has 1 atom stereocenters. The van der Waals surface area contributed by atoms with Gasteiger partial charge in [-0.3, -0.25) is 14.5 Å². The number of aromatic nitrogens is 1. The van der Waals surface area contributed by atoms with Gasteiger partial charge in [-0.25, -0.2) is 4.98 Å². The number of thiazole rings is 1. The molecule has 1 aliphatic heterocycles. The van der Waals surface area contributed by atoms with Gasteiger partial charge in [-0.15, -0.1) is 0 Å². The number of methoxy groups -OCH3 is 2. The van der Waals surface area contributed by atoms with Crippen LogP contribution in [0, 0.1) is 6.92 Å². The van der Waals surface area contributed by atoms with Crippen LogP contribution in [0.3, 0.4) is 0 Å². The van der Waals surface area contributed by atoms with Crippen LogP contribution in [0.2, 0.25) is 0 Å². The lowest BCUT2D eigenvalue weighted by molar-refractivity contribution is -0.117. The summed E-state index contributed by atoms with van der Waals surface area (Å²) in [5.41, 5.74) is 2.68. The first kappa shape index (κ1) is 23.7. The number of furan rings is 1. The number of Topliss-reactive ketones (excluding diaryl/α,β-unsaturated/α-hetero) is 1. The van der Waals surface area contributed by atoms with E-state index in [4.69, 9.17) is 13.9 Å². The molecule has 190 valence electrons. The van der Waals surface area contributed by atoms with Crippen LogP contribution in [-0.2, 0) is 4.79 Å². The molecule has 0 fully saturated rings. The highest BCUT2D eigenvalue weighted by molar-refractivity contribution is 7.22. The van der Waals surface area contributed by atoms with E-state index < -0.39 is 23.5 Å². The standard InChI is InChI=1S/C29H22N2O6S/c1-15-7-9-16(10-8-15)24-23(25(32)21-13-17-5-4-6-20(36-3)27(17)37-21)26(33)28(34)31(24)29-30-19-12-11-18(35-2)14-22(19)38-29/h4-14,24,33H,1-3H3. The first-order chi connectivity index (χ1) is 18.4. The van der Waals surface area contributed by atoms with Gasteiger partial charge in [0, 0.05) is 5.39 Å². The predicted molar refractivity (Wildman–Crippen MR) is 144 cm³/mol. The predicted octanol–water partition coefficient (Wildman–Crippen LogP) is 6.15. The lowest BCUT2D eigenvalue weighted by Crippen LogP contribution is -2.30. The molecule has 9 heteroatoms. The van der Waals surface area contributed by atoms with Gasteiger partial charge >= 0.3 is 0 Å². The molecular formula is C29H22N2O6S. The molecule has 1 unspecified atom stereocenters. The highest BCUT2D eigenvalue weighted by atomic mass is 32.1. The quantitative estimate of drug-likeness (QED) is 0.265. The summed E-state index contributed by atoms with van der Waals surface area (Å²) in [4.78, 5) is 33.4. The number of hydrogen-bond acceptors (Lipinski definition) is 8. The number of carbonyl (C=O) groups excluding carboxylic acids is 2. The van der Waals surface area contributed by atoms with E-state index in [-0.39, 0.29) is 11.3 Å². The van der Waals surface area contributed by atoms with Crippen molar-refractivity contribution < 1.29 is 28.6 Å². The minimum absolute atomic E-state index is 0.00755. The second-order valence-electron chi connectivity index (χ2n) is 8.90. The third-order valence-corrected chi connectivity index (χ3v) is 7.61. The Morgan fingerprint density at radius 3 is 2.58 bits per heavy atom. The van der Waals surface area contributed by atoms with Gasteiger partial charge < -0.3 is 19.0 Å². The number of fused-ring (bicyclic) bond motifs is 2. The fourth-order valence-electron chi connectivity index (χ4n) is 4.66. The molecule has 3 heterocycles. The lowest BCUT2D eigenvalue weighted by atomic mass is 9.94. The van der Waals surface area contributed by atoms with Gasteiger partial charge in [-0.1, -0.05) is 53.3 Å². The molecule has 0 radical (unpaired) electrons. The molecule has 6 rings (SSSR count). The van der Waals surface area contributed by atoms with Gasteiger partial charge in [-0.2, -0.15) is 0 Å². The minimum Gasteiger partial charge on any atom is -0.503 e. The number of benzene rings is 3. The van der Waals surface area contributed by atoms with Crippen LogP contribution in [0.15, 0.2) is 82.5 Å². The zero-order valence-electron chi connectivity index (χ0n) is 20.7. The Kier molecular flexibility index (Phi) is 5.65. The monoisotopic (exact) mass is 526 g/mol. The zero-order valence-corrected chi connectivity index (χ0v) is 21.5. The third kappa shape index (κ3) is 3.71. The number of carbonyl (C=O) groups is 2. The molecule has 5 aromatic rings. The largest absolute Gasteiger partial charge is 0.503 e. The molecule has 0 aliphatic carbocycles. The van der Waals surface area contributed by atoms with Crippen LogP contribution < -0.4 is 14.4 Å². The van der Waals surface area contributed by atoms with Crippen LogP contribution in [-0.4, -0.2) is 36.0 Å². The summed E-state index contributed by atoms with van der Waals surface area (Å²) < 4.78 is 17.4. The minimum atomic E-state index is -0.909. The third-order valence-electron chi connectivity index (χ3n) is 6.59. The van der Waals surface area contributed by atoms with Crippen LogP contribution in [0.25, 0.3) is 21.2 Å². The molecule has 2 aromatic heterocycles. The number of para-hydroxylation sites is 1. The summed E-state index contributed by atoms with van der Waals surface area (Å²) in [6.45, 7) is 1.95. The van der Waals surface area contributed by atoms with E-state index in [0.717, 1.165) is 10.3 Å². The van der Waals surface area contributed by atoms with E-state index in [1.807, 2.05) is 37.3 Å². The number of amides is 1. The van der Waals surface area contributed by atoms with Gasteiger partial charge in [0.1, 0.15) is 5.75 Å². The number of nitrogens with zero attached hydrogens (tertiary/aromatic N) is 2. The van der Waals surface area contributed by atoms with Crippen molar-refractivity contribution in [2.45, 2.75) is 13.0 Å². The van der Waals surface area contributed by atoms with E-state index in [1.54, 1.807) is 43.5 Å². The summed E-state index contributed by atoms with van der Waals surface area (Å²) in [7, 11) is 3.09. The van der Waals surface area contributed by atoms with Crippen LogP contribution in [0.1, 0.15) is 27.7 Å². The van der Waals surface area contributed by atoms with Crippen molar-refractivity contribution in [2.24, 2.45) is 0 Å². The van der Waals surface area contributed by atoms with E-state index in [0.29, 0.717) is 38.7 Å². The number of aliphatic hydroxyl groups excluding tert-OH is 1. The van der Waals surface area contributed by atoms with Crippen molar-refractivity contribution in [3.05, 3.63) is 94.9 Å². The topological polar surface area (TPSA) is 102 Å². The van der Waals surface area contributed by atoms with Crippen molar-refractivity contribution in [3.8, 4) is 11.5 Å². The van der Waals surface area contributed by atoms with Crippen molar-refractivity contribution in [3.63, 3.8) is 0 Å². The number of hydrogen-bond donors (Lipinski definition) is 1. The van der Waals surface area contributed by atoms with E-state index in [9.17, 15) is 14.7 Å². The van der Waals surface area contributed by atoms with E-state index in [2.05, 4.69) is 4.98 Å². The van der Waals surface area contributed by atoms with Gasteiger partial charge in [0.25, 0.3) is 5.91 Å². The summed E-state index contributed by atoms with van der Waals surface area (Å²) in [6.07, 6.45) is 0. The number of anilines is 1. The number of ketones is 1. The first-order valence-electron chi connectivity index (χ1n) is 11.8. The zero-order chi connectivity index (χ0) is 26.6. The molecule has 0 bridgehead atoms. The van der Waals surface area contributed by atoms with Gasteiger partial charge in [0.2, 0.25) is 5.78 Å². The average Bonchev–Trinajstić information content (AvgIpc) is 3.62. The number of aliphatic hydroxyl groups is 1. The Morgan fingerprint density at radius 1 is 1.05 bits per heavy atom. The molecule has 38 heavy (non-hydrogen) atoms. The highest BCUT2D eigenvalue weighted by Gasteiger charge is 2.46. The molecule has 8 nitrogen and oxygen atoms in total. The maximum Gasteiger partial charge on any atom is 0.296 e. The van der Waals surface area contributed by atoms with Crippen molar-refractivity contribution in [1.82, 2.24) is 4.98 Å². The summed E-state index contributed by atoms with van der Waals surface area (Å²) >= 11 is 1.27. The Morgan fingerprint density at radius 2 is 1.84 bits per heavy atom. The van der Waals surface area contributed by atoms with Gasteiger partial charge in [-0.05, 0) is 42.8 Å². The fraction of sp³-hybridized carbons (Fsp3) is 0.138. The number of ether oxygens (including phenoxy) is 2. The Bertz CT molecular complexity index is 1770. The van der Waals surface area contributed by atoms with Gasteiger partial charge in [0.05, 0.1) is 36.1 Å². The highest BCUT2D eigenvalue weighted by Crippen LogP contribution is 2.45. The normalized spacial score (nSPS) is 15.6. The molecule has 0 saturated heterocycles. The second kappa shape index (κ2) is 9.04. The molecular weight excluding hydrogens is 504 g/mol. The van der Waals surface area contributed by atoms with Crippen molar-refractivity contribution in [2.75, 3.05) is 19.1 Å². The van der Waals surface area contributed by atoms with Crippen LogP contribution >= 0.6 is 11.3 Å². The maximum atomic E-state index is 13.9. The van der Waals surface area contributed by atoms with Crippen molar-refractivity contribution in [1.29, 1.82) is 0 Å². The fourth-order valence-corrected chi connectivity index (χ4v) is 5.68. The first-order valence-corrected chi connectivity index (χ1v) is 12.6. The summed E-state index contributed by atoms with van der Waals surface area (Å²) in [5.74, 6) is -0.808. The van der Waals surface area contributed by atoms with Crippen LogP contribution in [0.5, 0.6) is 11.5 Å². The molecule has 1 aliphatic rings. The second-order valence-corrected chi connectivity index (χ2v) is 9.91. The molecule has 1 amide bonds. The summed E-state index contributed by atoms with van der Waals surface area (Å²) in [6, 6.07) is 18.9. The Hall–Kier alpha value is -4.63. The molecule has 0 saturated carbocycles. The maximum absolute atomic E-state index is 13.9. The van der Waals surface area contributed by atoms with E-state index in [1.165, 1.54) is 23.3 Å². The molecule has 1 N–H and O–H groups in total. The average molecular weight is 527 g/mol. The Balaban J connectivity index is 1.50. The molecule has 0 spiro atoms. The smallest absolute Gasteiger partial charge is 0.296 e. The lowest BCUT2D eigenvalue weighted by Gasteiger charge is -2.24. The number of rotatable bonds is 6. The summed E-state index contributed by atoms with van der Waals surface area (Å²) in [5, 5.41) is 12.1.